The Bertz CT molecular complexity index is 1050. The molecule has 31 heavy (non-hydrogen) atoms. The molecule has 1 aromatic heterocycles. The van der Waals surface area contributed by atoms with Crippen molar-refractivity contribution >= 4 is 11.8 Å². The molecule has 8 nitrogen and oxygen atoms in total. The molecule has 1 aromatic carbocycles. The minimum atomic E-state index is -0.568. The minimum Gasteiger partial charge on any atom is -0.384 e. The van der Waals surface area contributed by atoms with E-state index in [1.165, 1.54) is 23.1 Å². The summed E-state index contributed by atoms with van der Waals surface area (Å²) in [5.41, 5.74) is 0.908. The van der Waals surface area contributed by atoms with Gasteiger partial charge in [0.05, 0.1) is 30.8 Å². The van der Waals surface area contributed by atoms with Crippen LogP contribution in [0, 0.1) is 5.82 Å². The monoisotopic (exact) mass is 428 g/mol. The van der Waals surface area contributed by atoms with Crippen LogP contribution >= 0.6 is 0 Å². The van der Waals surface area contributed by atoms with Gasteiger partial charge in [-0.25, -0.2) is 9.37 Å². The molecule has 1 atom stereocenters. The average Bonchev–Trinajstić information content (AvgIpc) is 3.27. The molecule has 0 radical (unpaired) electrons. The smallest absolute Gasteiger partial charge is 0.257 e. The number of likely N-dealkylation sites (tertiary alicyclic amines) is 1. The first kappa shape index (κ1) is 21.2. The molecule has 2 aliphatic heterocycles. The third-order valence-electron chi connectivity index (χ3n) is 5.93. The van der Waals surface area contributed by atoms with Crippen LogP contribution in [0.5, 0.6) is 0 Å². The second-order valence-corrected chi connectivity index (χ2v) is 7.90. The molecule has 4 rings (SSSR count). The Morgan fingerprint density at radius 3 is 2.84 bits per heavy atom. The van der Waals surface area contributed by atoms with Crippen molar-refractivity contribution in [3.8, 4) is 0 Å². The topological polar surface area (TPSA) is 95.6 Å². The Balaban J connectivity index is 1.51. The van der Waals surface area contributed by atoms with Crippen molar-refractivity contribution in [3.63, 3.8) is 0 Å². The van der Waals surface area contributed by atoms with Gasteiger partial charge in [-0.05, 0) is 25.0 Å². The second kappa shape index (κ2) is 8.97. The fourth-order valence-corrected chi connectivity index (χ4v) is 4.19. The number of benzene rings is 1. The van der Waals surface area contributed by atoms with Crippen LogP contribution < -0.4 is 5.56 Å². The summed E-state index contributed by atoms with van der Waals surface area (Å²) in [5, 5.41) is 0. The Labute approximate surface area is 179 Å². The highest BCUT2D eigenvalue weighted by molar-refractivity contribution is 5.94. The zero-order valence-corrected chi connectivity index (χ0v) is 17.4. The highest BCUT2D eigenvalue weighted by atomic mass is 19.1. The van der Waals surface area contributed by atoms with Gasteiger partial charge in [0.25, 0.3) is 11.5 Å². The van der Waals surface area contributed by atoms with Crippen LogP contribution in [0.15, 0.2) is 29.1 Å². The lowest BCUT2D eigenvalue weighted by molar-refractivity contribution is -0.131. The zero-order valence-electron chi connectivity index (χ0n) is 17.4. The summed E-state index contributed by atoms with van der Waals surface area (Å²) in [4.78, 5) is 48.5. The lowest BCUT2D eigenvalue weighted by Crippen LogP contribution is -2.40. The number of nitrogens with zero attached hydrogens (tertiary/aromatic N) is 3. The number of halogens is 1. The highest BCUT2D eigenvalue weighted by Crippen LogP contribution is 2.26. The number of carbonyl (C=O) groups is 2. The van der Waals surface area contributed by atoms with Gasteiger partial charge in [-0.1, -0.05) is 12.1 Å². The van der Waals surface area contributed by atoms with E-state index in [1.807, 2.05) is 0 Å². The largest absolute Gasteiger partial charge is 0.384 e. The first-order chi connectivity index (χ1) is 15.0. The molecule has 9 heteroatoms. The quantitative estimate of drug-likeness (QED) is 0.778. The molecule has 1 saturated heterocycles. The number of amides is 2. The van der Waals surface area contributed by atoms with Crippen LogP contribution in [-0.2, 0) is 22.5 Å². The summed E-state index contributed by atoms with van der Waals surface area (Å²) in [5.74, 6) is -0.496. The van der Waals surface area contributed by atoms with E-state index in [-0.39, 0.29) is 29.5 Å². The van der Waals surface area contributed by atoms with E-state index >= 15 is 0 Å². The Morgan fingerprint density at radius 1 is 1.26 bits per heavy atom. The number of methoxy groups -OCH3 is 1. The van der Waals surface area contributed by atoms with E-state index in [2.05, 4.69) is 9.97 Å². The maximum atomic E-state index is 14.0. The van der Waals surface area contributed by atoms with Crippen molar-refractivity contribution in [2.75, 3.05) is 33.4 Å². The molecule has 0 unspecified atom stereocenters. The van der Waals surface area contributed by atoms with Crippen LogP contribution in [0.25, 0.3) is 0 Å². The predicted octanol–water partition coefficient (Wildman–Crippen LogP) is 1.46. The molecular formula is C22H25FN4O4. The average molecular weight is 428 g/mol. The summed E-state index contributed by atoms with van der Waals surface area (Å²) in [6.07, 6.45) is 1.40. The number of rotatable bonds is 5. The second-order valence-electron chi connectivity index (χ2n) is 7.90. The Morgan fingerprint density at radius 2 is 2.06 bits per heavy atom. The lowest BCUT2D eigenvalue weighted by Gasteiger charge is -2.28. The molecule has 1 fully saturated rings. The first-order valence-corrected chi connectivity index (χ1v) is 10.4. The van der Waals surface area contributed by atoms with E-state index in [9.17, 15) is 18.8 Å². The number of nitrogens with one attached hydrogen (secondary N) is 1. The van der Waals surface area contributed by atoms with Gasteiger partial charge in [0.1, 0.15) is 11.6 Å². The first-order valence-electron chi connectivity index (χ1n) is 10.4. The molecular weight excluding hydrogens is 403 g/mol. The van der Waals surface area contributed by atoms with Crippen LogP contribution in [0.3, 0.4) is 0 Å². The predicted molar refractivity (Wildman–Crippen MR) is 110 cm³/mol. The maximum absolute atomic E-state index is 14.0. The van der Waals surface area contributed by atoms with Crippen molar-refractivity contribution in [2.24, 2.45) is 0 Å². The number of ether oxygens (including phenoxy) is 1. The third-order valence-corrected chi connectivity index (χ3v) is 5.93. The van der Waals surface area contributed by atoms with Gasteiger partial charge in [-0.15, -0.1) is 0 Å². The SMILES string of the molecule is COCCC(=O)N1CC[C@H](c2nc3c(c(=O)[nH]2)CCN(C(=O)c2ccccc2F)C3)C1. The van der Waals surface area contributed by atoms with Crippen LogP contribution in [0.1, 0.15) is 46.2 Å². The molecule has 0 bridgehead atoms. The summed E-state index contributed by atoms with van der Waals surface area (Å²) in [6, 6.07) is 5.87. The zero-order chi connectivity index (χ0) is 22.0. The van der Waals surface area contributed by atoms with Crippen molar-refractivity contribution in [1.29, 1.82) is 0 Å². The molecule has 2 aliphatic rings. The molecule has 164 valence electrons. The summed E-state index contributed by atoms with van der Waals surface area (Å²) >= 11 is 0. The van der Waals surface area contributed by atoms with Gasteiger partial charge >= 0.3 is 0 Å². The number of fused-ring (bicyclic) bond motifs is 1. The van der Waals surface area contributed by atoms with Crippen molar-refractivity contribution < 1.29 is 18.7 Å². The fourth-order valence-electron chi connectivity index (χ4n) is 4.19. The molecule has 3 heterocycles. The number of aromatic amines is 1. The normalized spacial score (nSPS) is 18.2. The van der Waals surface area contributed by atoms with Gasteiger partial charge in [0.2, 0.25) is 5.91 Å². The Kier molecular flexibility index (Phi) is 6.13. The van der Waals surface area contributed by atoms with E-state index in [1.54, 1.807) is 18.1 Å². The van der Waals surface area contributed by atoms with Gasteiger partial charge < -0.3 is 19.5 Å². The van der Waals surface area contributed by atoms with Crippen molar-refractivity contribution in [3.05, 3.63) is 63.1 Å². The molecule has 0 saturated carbocycles. The number of hydrogen-bond donors (Lipinski definition) is 1. The van der Waals surface area contributed by atoms with Gasteiger partial charge in [-0.2, -0.15) is 0 Å². The minimum absolute atomic E-state index is 0.0111. The van der Waals surface area contributed by atoms with E-state index in [0.717, 1.165) is 0 Å². The van der Waals surface area contributed by atoms with E-state index in [4.69, 9.17) is 4.74 Å². The standard InChI is InChI=1S/C22H25FN4O4/c1-31-11-8-19(28)26-9-6-14(12-26)20-24-18-13-27(10-7-16(18)21(29)25-20)22(30)15-4-2-3-5-17(15)23/h2-5,14H,6-13H2,1H3,(H,24,25,29)/t14-/m0/s1. The maximum Gasteiger partial charge on any atom is 0.257 e. The molecule has 1 N–H and O–H groups in total. The van der Waals surface area contributed by atoms with Crippen LogP contribution in [0.2, 0.25) is 0 Å². The summed E-state index contributed by atoms with van der Waals surface area (Å²) in [6.45, 7) is 1.95. The van der Waals surface area contributed by atoms with E-state index in [0.29, 0.717) is 62.6 Å². The van der Waals surface area contributed by atoms with E-state index < -0.39 is 11.7 Å². The van der Waals surface area contributed by atoms with Gasteiger partial charge in [-0.3, -0.25) is 14.4 Å². The molecule has 0 spiro atoms. The highest BCUT2D eigenvalue weighted by Gasteiger charge is 2.31. The summed E-state index contributed by atoms with van der Waals surface area (Å²) < 4.78 is 19.0. The number of aromatic nitrogens is 2. The fraction of sp³-hybridized carbons (Fsp3) is 0.455. The number of hydrogen-bond acceptors (Lipinski definition) is 5. The van der Waals surface area contributed by atoms with Crippen molar-refractivity contribution in [1.82, 2.24) is 19.8 Å². The number of H-pyrrole nitrogens is 1. The molecule has 2 aromatic rings. The summed E-state index contributed by atoms with van der Waals surface area (Å²) in [7, 11) is 1.56. The third kappa shape index (κ3) is 4.36. The molecule has 2 amide bonds. The number of carbonyl (C=O) groups excluding carboxylic acids is 2. The van der Waals surface area contributed by atoms with Gasteiger partial charge in [0, 0.05) is 38.2 Å². The van der Waals surface area contributed by atoms with Crippen molar-refractivity contribution in [2.45, 2.75) is 31.7 Å². The Hall–Kier alpha value is -3.07. The van der Waals surface area contributed by atoms with Gasteiger partial charge in [0.15, 0.2) is 0 Å². The van der Waals surface area contributed by atoms with Crippen LogP contribution in [-0.4, -0.2) is 64.9 Å². The lowest BCUT2D eigenvalue weighted by atomic mass is 10.0. The van der Waals surface area contributed by atoms with Crippen LogP contribution in [0.4, 0.5) is 4.39 Å². The molecule has 0 aliphatic carbocycles.